The molecule has 28 heavy (non-hydrogen) atoms. The molecule has 0 aliphatic heterocycles. The first-order chi connectivity index (χ1) is 13.1. The molecule has 10 heteroatoms. The van der Waals surface area contributed by atoms with Gasteiger partial charge in [-0.2, -0.15) is 0 Å². The highest BCUT2D eigenvalue weighted by atomic mass is 32.2. The number of benzene rings is 2. The van der Waals surface area contributed by atoms with Gasteiger partial charge in [0.1, 0.15) is 5.75 Å². The smallest absolute Gasteiger partial charge is 0.251 e. The van der Waals surface area contributed by atoms with Gasteiger partial charge in [0.2, 0.25) is 10.0 Å². The zero-order valence-corrected chi connectivity index (χ0v) is 17.1. The molecule has 152 valence electrons. The van der Waals surface area contributed by atoms with Crippen molar-refractivity contribution in [1.82, 2.24) is 10.0 Å². The maximum atomic E-state index is 12.2. The predicted octanol–water partition coefficient (Wildman–Crippen LogP) is 0.948. The van der Waals surface area contributed by atoms with Crippen LogP contribution in [0.1, 0.15) is 15.9 Å². The largest absolute Gasteiger partial charge is 0.497 e. The molecule has 0 bridgehead atoms. The first kappa shape index (κ1) is 21.9. The van der Waals surface area contributed by atoms with E-state index in [0.717, 1.165) is 6.26 Å². The monoisotopic (exact) mass is 426 g/mol. The average molecular weight is 427 g/mol. The molecule has 0 saturated heterocycles. The third kappa shape index (κ3) is 6.63. The summed E-state index contributed by atoms with van der Waals surface area (Å²) < 4.78 is 54.5. The molecule has 0 atom stereocenters. The fourth-order valence-corrected chi connectivity index (χ4v) is 4.22. The summed E-state index contributed by atoms with van der Waals surface area (Å²) in [4.78, 5) is 12.3. The van der Waals surface area contributed by atoms with E-state index in [-0.39, 0.29) is 23.7 Å². The Bertz CT molecular complexity index is 1030. The Kier molecular flexibility index (Phi) is 7.17. The summed E-state index contributed by atoms with van der Waals surface area (Å²) >= 11 is 0. The van der Waals surface area contributed by atoms with E-state index in [9.17, 15) is 21.6 Å². The topological polar surface area (TPSA) is 119 Å². The van der Waals surface area contributed by atoms with Crippen LogP contribution in [0.2, 0.25) is 0 Å². The number of hydrogen-bond donors (Lipinski definition) is 2. The van der Waals surface area contributed by atoms with Gasteiger partial charge in [-0.05, 0) is 42.0 Å². The molecule has 0 unspecified atom stereocenters. The zero-order valence-electron chi connectivity index (χ0n) is 15.5. The third-order valence-corrected chi connectivity index (χ3v) is 6.03. The van der Waals surface area contributed by atoms with E-state index in [1.165, 1.54) is 25.3 Å². The Morgan fingerprint density at radius 1 is 1.00 bits per heavy atom. The highest BCUT2D eigenvalue weighted by Crippen LogP contribution is 2.15. The second-order valence-electron chi connectivity index (χ2n) is 6.10. The highest BCUT2D eigenvalue weighted by Gasteiger charge is 2.14. The van der Waals surface area contributed by atoms with Gasteiger partial charge in [-0.15, -0.1) is 0 Å². The normalized spacial score (nSPS) is 11.8. The van der Waals surface area contributed by atoms with E-state index in [1.807, 2.05) is 0 Å². The van der Waals surface area contributed by atoms with Crippen LogP contribution in [0, 0.1) is 0 Å². The standard InChI is InChI=1S/C18H22N2O6S2/c1-26-16-6-8-17(9-7-16)28(24,25)20-11-10-19-18(21)15-5-3-4-14(12-15)13-27(2,22)23/h3-9,12,20H,10-11,13H2,1-2H3,(H,19,21). The van der Waals surface area contributed by atoms with Crippen LogP contribution in [0.3, 0.4) is 0 Å². The minimum atomic E-state index is -3.70. The quantitative estimate of drug-likeness (QED) is 0.576. The Morgan fingerprint density at radius 3 is 2.29 bits per heavy atom. The van der Waals surface area contributed by atoms with Gasteiger partial charge >= 0.3 is 0 Å². The molecule has 0 spiro atoms. The summed E-state index contributed by atoms with van der Waals surface area (Å²) in [7, 11) is -5.42. The number of sulfone groups is 1. The van der Waals surface area contributed by atoms with Crippen molar-refractivity contribution >= 4 is 25.8 Å². The fraction of sp³-hybridized carbons (Fsp3) is 0.278. The summed E-state index contributed by atoms with van der Waals surface area (Å²) in [5.74, 6) is -0.0289. The van der Waals surface area contributed by atoms with Crippen molar-refractivity contribution in [2.45, 2.75) is 10.6 Å². The van der Waals surface area contributed by atoms with Crippen LogP contribution in [0.4, 0.5) is 0 Å². The molecule has 0 saturated carbocycles. The van der Waals surface area contributed by atoms with Gasteiger partial charge in [-0.1, -0.05) is 12.1 Å². The molecule has 2 rings (SSSR count). The number of carbonyl (C=O) groups excluding carboxylic acids is 1. The van der Waals surface area contributed by atoms with Crippen LogP contribution in [-0.2, 0) is 25.6 Å². The molecule has 1 amide bonds. The SMILES string of the molecule is COc1ccc(S(=O)(=O)NCCNC(=O)c2cccc(CS(C)(=O)=O)c2)cc1. The predicted molar refractivity (Wildman–Crippen MR) is 106 cm³/mol. The van der Waals surface area contributed by atoms with E-state index in [4.69, 9.17) is 4.74 Å². The van der Waals surface area contributed by atoms with E-state index >= 15 is 0 Å². The maximum Gasteiger partial charge on any atom is 0.251 e. The number of hydrogen-bond acceptors (Lipinski definition) is 6. The van der Waals surface area contributed by atoms with Gasteiger partial charge in [-0.25, -0.2) is 21.6 Å². The molecule has 0 aliphatic rings. The average Bonchev–Trinajstić information content (AvgIpc) is 2.64. The fourth-order valence-electron chi connectivity index (χ4n) is 2.41. The number of sulfonamides is 1. The Labute approximate surface area is 164 Å². The summed E-state index contributed by atoms with van der Waals surface area (Å²) in [6.07, 6.45) is 1.12. The number of methoxy groups -OCH3 is 1. The number of carbonyl (C=O) groups is 1. The van der Waals surface area contributed by atoms with Crippen molar-refractivity contribution in [3.63, 3.8) is 0 Å². The zero-order chi connectivity index (χ0) is 20.8. The summed E-state index contributed by atoms with van der Waals surface area (Å²) in [6, 6.07) is 12.2. The number of rotatable bonds is 9. The molecule has 2 N–H and O–H groups in total. The van der Waals surface area contributed by atoms with E-state index in [2.05, 4.69) is 10.0 Å². The van der Waals surface area contributed by atoms with Gasteiger partial charge in [-0.3, -0.25) is 4.79 Å². The van der Waals surface area contributed by atoms with Crippen molar-refractivity contribution in [3.8, 4) is 5.75 Å². The second-order valence-corrected chi connectivity index (χ2v) is 10.0. The van der Waals surface area contributed by atoms with E-state index < -0.39 is 25.8 Å². The van der Waals surface area contributed by atoms with Crippen molar-refractivity contribution in [2.24, 2.45) is 0 Å². The number of amides is 1. The molecular formula is C18H22N2O6S2. The van der Waals surface area contributed by atoms with Gasteiger partial charge in [0.25, 0.3) is 5.91 Å². The van der Waals surface area contributed by atoms with Crippen molar-refractivity contribution in [2.75, 3.05) is 26.5 Å². The lowest BCUT2D eigenvalue weighted by atomic mass is 10.1. The summed E-state index contributed by atoms with van der Waals surface area (Å²) in [5.41, 5.74) is 0.814. The first-order valence-electron chi connectivity index (χ1n) is 8.29. The van der Waals surface area contributed by atoms with Crippen molar-refractivity contribution < 1.29 is 26.4 Å². The van der Waals surface area contributed by atoms with E-state index in [0.29, 0.717) is 16.9 Å². The minimum absolute atomic E-state index is 0.00311. The van der Waals surface area contributed by atoms with Crippen LogP contribution < -0.4 is 14.8 Å². The van der Waals surface area contributed by atoms with E-state index in [1.54, 1.807) is 30.3 Å². The molecular weight excluding hydrogens is 404 g/mol. The summed E-state index contributed by atoms with van der Waals surface area (Å²) in [6.45, 7) is 0.0770. The maximum absolute atomic E-state index is 12.2. The first-order valence-corrected chi connectivity index (χ1v) is 11.8. The molecule has 0 fully saturated rings. The molecule has 0 aliphatic carbocycles. The lowest BCUT2D eigenvalue weighted by molar-refractivity contribution is 0.0954. The highest BCUT2D eigenvalue weighted by molar-refractivity contribution is 7.90. The number of ether oxygens (including phenoxy) is 1. The third-order valence-electron chi connectivity index (χ3n) is 3.69. The molecule has 2 aromatic rings. The van der Waals surface area contributed by atoms with Gasteiger partial charge in [0, 0.05) is 24.9 Å². The molecule has 8 nitrogen and oxygen atoms in total. The Balaban J connectivity index is 1.89. The Morgan fingerprint density at radius 2 is 1.68 bits per heavy atom. The van der Waals surface area contributed by atoms with Crippen LogP contribution in [0.15, 0.2) is 53.4 Å². The van der Waals surface area contributed by atoms with Gasteiger partial charge < -0.3 is 10.1 Å². The van der Waals surface area contributed by atoms with Crippen LogP contribution >= 0.6 is 0 Å². The lowest BCUT2D eigenvalue weighted by Gasteiger charge is -2.09. The molecule has 2 aromatic carbocycles. The molecule has 0 heterocycles. The van der Waals surface area contributed by atoms with Crippen LogP contribution in [0.5, 0.6) is 5.75 Å². The van der Waals surface area contributed by atoms with Crippen LogP contribution in [-0.4, -0.2) is 49.2 Å². The van der Waals surface area contributed by atoms with Gasteiger partial charge in [0.05, 0.1) is 17.8 Å². The van der Waals surface area contributed by atoms with Gasteiger partial charge in [0.15, 0.2) is 9.84 Å². The van der Waals surface area contributed by atoms with Crippen LogP contribution in [0.25, 0.3) is 0 Å². The lowest BCUT2D eigenvalue weighted by Crippen LogP contribution is -2.34. The number of nitrogens with one attached hydrogen (secondary N) is 2. The minimum Gasteiger partial charge on any atom is -0.497 e. The second kappa shape index (κ2) is 9.18. The van der Waals surface area contributed by atoms with Crippen molar-refractivity contribution in [3.05, 3.63) is 59.7 Å². The Hall–Kier alpha value is -2.43. The summed E-state index contributed by atoms with van der Waals surface area (Å²) in [5, 5.41) is 2.60. The van der Waals surface area contributed by atoms with Crippen molar-refractivity contribution in [1.29, 1.82) is 0 Å². The molecule has 0 aromatic heterocycles. The molecule has 0 radical (unpaired) electrons.